The van der Waals surface area contributed by atoms with Crippen molar-refractivity contribution in [3.8, 4) is 0 Å². The van der Waals surface area contributed by atoms with Crippen LogP contribution in [0.2, 0.25) is 0 Å². The molecule has 2 saturated heterocycles. The molecule has 8 nitrogen and oxygen atoms in total. The molecule has 158 valence electrons. The summed E-state index contributed by atoms with van der Waals surface area (Å²) < 4.78 is 12.0. The second-order valence-corrected chi connectivity index (χ2v) is 11.2. The Morgan fingerprint density at radius 3 is 2.64 bits per heavy atom. The number of carbonyl (C=O) groups is 1. The number of hydrogen-bond acceptors (Lipinski definition) is 10. The highest BCUT2D eigenvalue weighted by atomic mass is 32.2. The third kappa shape index (κ3) is 1.74. The maximum absolute atomic E-state index is 13.0. The Balaban J connectivity index is 1.62. The van der Waals surface area contributed by atoms with E-state index < -0.39 is 45.6 Å². The van der Waals surface area contributed by atoms with Gasteiger partial charge in [0.15, 0.2) is 11.4 Å². The number of hydrogen-bond donors (Lipinski definition) is 4. The van der Waals surface area contributed by atoms with Crippen molar-refractivity contribution in [1.82, 2.24) is 0 Å². The van der Waals surface area contributed by atoms with E-state index in [2.05, 4.69) is 0 Å². The average molecular weight is 435 g/mol. The van der Waals surface area contributed by atoms with E-state index in [0.29, 0.717) is 24.3 Å². The number of thioether (sulfide) groups is 2. The number of rotatable bonds is 7. The largest absolute Gasteiger partial charge is 0.396 e. The van der Waals surface area contributed by atoms with E-state index in [1.54, 1.807) is 6.92 Å². The van der Waals surface area contributed by atoms with Crippen molar-refractivity contribution in [3.63, 3.8) is 0 Å². The predicted molar refractivity (Wildman–Crippen MR) is 101 cm³/mol. The van der Waals surface area contributed by atoms with Gasteiger partial charge in [0.05, 0.1) is 42.2 Å². The molecule has 0 amide bonds. The summed E-state index contributed by atoms with van der Waals surface area (Å²) in [6.07, 6.45) is -0.788. The first-order valence-electron chi connectivity index (χ1n) is 9.77. The van der Waals surface area contributed by atoms with Crippen LogP contribution in [0.15, 0.2) is 0 Å². The first kappa shape index (κ1) is 20.0. The topological polar surface area (TPSA) is 126 Å². The minimum absolute atomic E-state index is 0.00456. The van der Waals surface area contributed by atoms with Gasteiger partial charge in [-0.25, -0.2) is 4.89 Å². The van der Waals surface area contributed by atoms with Gasteiger partial charge in [0.1, 0.15) is 11.7 Å². The van der Waals surface area contributed by atoms with Gasteiger partial charge in [0.2, 0.25) is 0 Å². The van der Waals surface area contributed by atoms with Crippen LogP contribution in [-0.2, 0) is 19.2 Å². The van der Waals surface area contributed by atoms with E-state index in [1.807, 2.05) is 0 Å². The van der Waals surface area contributed by atoms with E-state index in [9.17, 15) is 25.4 Å². The highest BCUT2D eigenvalue weighted by Gasteiger charge is 3.07. The summed E-state index contributed by atoms with van der Waals surface area (Å²) in [7, 11) is 0. The van der Waals surface area contributed by atoms with Gasteiger partial charge in [0.25, 0.3) is 0 Å². The molecule has 9 atom stereocenters. The third-order valence-corrected chi connectivity index (χ3v) is 11.0. The van der Waals surface area contributed by atoms with Crippen LogP contribution >= 0.6 is 23.5 Å². The molecule has 3 aliphatic carbocycles. The van der Waals surface area contributed by atoms with Gasteiger partial charge < -0.3 is 24.8 Å². The minimum atomic E-state index is -1.27. The van der Waals surface area contributed by atoms with E-state index >= 15 is 0 Å². The molecule has 0 radical (unpaired) electrons. The first-order chi connectivity index (χ1) is 13.5. The van der Waals surface area contributed by atoms with Crippen LogP contribution in [0.4, 0.5) is 0 Å². The predicted octanol–water partition coefficient (Wildman–Crippen LogP) is -0.317. The third-order valence-electron chi connectivity index (χ3n) is 7.83. The normalized spacial score (nSPS) is 55.9. The molecule has 28 heavy (non-hydrogen) atoms. The highest BCUT2D eigenvalue weighted by molar-refractivity contribution is 8.01. The Hall–Kier alpha value is 0.0900. The Labute approximate surface area is 171 Å². The highest BCUT2D eigenvalue weighted by Crippen LogP contribution is 2.88. The quantitative estimate of drug-likeness (QED) is 0.313. The number of ether oxygens (including phenoxy) is 2. The van der Waals surface area contributed by atoms with Gasteiger partial charge in [0, 0.05) is 22.7 Å². The maximum atomic E-state index is 13.0. The summed E-state index contributed by atoms with van der Waals surface area (Å²) >= 11 is 2.97. The van der Waals surface area contributed by atoms with Crippen LogP contribution in [0, 0.1) is 11.3 Å². The molecular formula is C18H26O8S2. The van der Waals surface area contributed by atoms with E-state index in [4.69, 9.17) is 14.4 Å². The van der Waals surface area contributed by atoms with Crippen LogP contribution in [0.25, 0.3) is 0 Å². The zero-order valence-corrected chi connectivity index (χ0v) is 17.2. The average Bonchev–Trinajstić information content (AvgIpc) is 3.12. The minimum Gasteiger partial charge on any atom is -0.396 e. The zero-order chi connectivity index (χ0) is 19.9. The molecule has 3 unspecified atom stereocenters. The number of aliphatic hydroxyl groups is 3. The van der Waals surface area contributed by atoms with Crippen LogP contribution < -0.4 is 0 Å². The fraction of sp³-hybridized carbons (Fsp3) is 0.944. The van der Waals surface area contributed by atoms with Crippen molar-refractivity contribution in [2.45, 2.75) is 59.3 Å². The van der Waals surface area contributed by atoms with Gasteiger partial charge >= 0.3 is 0 Å². The lowest BCUT2D eigenvalue weighted by Crippen LogP contribution is -2.81. The van der Waals surface area contributed by atoms with Crippen molar-refractivity contribution in [3.05, 3.63) is 0 Å². The number of carbonyl (C=O) groups excluding carboxylic acids is 1. The van der Waals surface area contributed by atoms with Crippen LogP contribution in [-0.4, -0.2) is 97.2 Å². The molecule has 2 aliphatic heterocycles. The number of ketones is 1. The molecule has 5 aliphatic rings. The fourth-order valence-corrected chi connectivity index (χ4v) is 9.93. The smallest absolute Gasteiger partial charge is 0.178 e. The summed E-state index contributed by atoms with van der Waals surface area (Å²) in [5.74, 6) is 0.239. The second-order valence-electron chi connectivity index (χ2n) is 8.47. The van der Waals surface area contributed by atoms with E-state index in [-0.39, 0.29) is 30.9 Å². The monoisotopic (exact) mass is 434 g/mol. The molecule has 3 saturated carbocycles. The molecule has 0 bridgehead atoms. The van der Waals surface area contributed by atoms with Crippen LogP contribution in [0.3, 0.4) is 0 Å². The fourth-order valence-electron chi connectivity index (χ4n) is 6.87. The van der Waals surface area contributed by atoms with Gasteiger partial charge in [-0.15, -0.1) is 11.8 Å². The molecule has 5 rings (SSSR count). The molecule has 2 spiro atoms. The van der Waals surface area contributed by atoms with Gasteiger partial charge in [-0.05, 0) is 12.8 Å². The Bertz CT molecular complexity index is 694. The van der Waals surface area contributed by atoms with Crippen molar-refractivity contribution >= 4 is 29.3 Å². The number of aliphatic hydroxyl groups excluding tert-OH is 3. The standard InChI is InChI=1S/C18H26O8S2/c1-9-11(21)13(22)15-8-24-18(15)16(28-7-5-20)3-2-10(17(16,18)26-23)25-14(15)12(9)27-6-4-19/h9-10,12-14,19-20,22-23H,2-8H2,1H3/t9?,10-,12?,13-,14-,15+,16?,17-,18-/m1/s1. The molecule has 0 aromatic heterocycles. The van der Waals surface area contributed by atoms with Gasteiger partial charge in [-0.3, -0.25) is 10.1 Å². The summed E-state index contributed by atoms with van der Waals surface area (Å²) in [5.41, 5.74) is -3.14. The van der Waals surface area contributed by atoms with Crippen molar-refractivity contribution < 1.29 is 39.7 Å². The van der Waals surface area contributed by atoms with Crippen molar-refractivity contribution in [1.29, 1.82) is 0 Å². The van der Waals surface area contributed by atoms with Crippen LogP contribution in [0.1, 0.15) is 19.8 Å². The molecule has 0 aromatic rings. The van der Waals surface area contributed by atoms with Crippen LogP contribution in [0.5, 0.6) is 0 Å². The first-order valence-corrected chi connectivity index (χ1v) is 11.8. The SMILES string of the molecule is CC1C(=O)[C@@H](O)[C@]23CO[C@@]24C2(SCCO)CC[C@@H](O[C@@H]3C1SCCO)[C@@]24OO. The van der Waals surface area contributed by atoms with Gasteiger partial charge in [-0.1, -0.05) is 6.92 Å². The van der Waals surface area contributed by atoms with E-state index in [0.717, 1.165) is 0 Å². The van der Waals surface area contributed by atoms with Gasteiger partial charge in [-0.2, -0.15) is 11.8 Å². The summed E-state index contributed by atoms with van der Waals surface area (Å²) in [4.78, 5) is 18.1. The zero-order valence-electron chi connectivity index (χ0n) is 15.6. The molecular weight excluding hydrogens is 408 g/mol. The summed E-state index contributed by atoms with van der Waals surface area (Å²) in [5, 5.41) is 39.7. The molecule has 10 heteroatoms. The summed E-state index contributed by atoms with van der Waals surface area (Å²) in [6.45, 7) is 1.93. The molecule has 0 aromatic carbocycles. The lowest BCUT2D eigenvalue weighted by molar-refractivity contribution is -0.414. The lowest BCUT2D eigenvalue weighted by Gasteiger charge is -2.65. The van der Waals surface area contributed by atoms with E-state index in [1.165, 1.54) is 23.5 Å². The molecule has 4 N–H and O–H groups in total. The van der Waals surface area contributed by atoms with Crippen molar-refractivity contribution in [2.75, 3.05) is 31.3 Å². The van der Waals surface area contributed by atoms with Crippen molar-refractivity contribution in [2.24, 2.45) is 11.3 Å². The molecule has 5 fully saturated rings. The molecule has 2 heterocycles. The Morgan fingerprint density at radius 2 is 2.04 bits per heavy atom. The second kappa shape index (κ2) is 6.30. The number of Topliss-reactive ketones (excluding diaryl/α,β-unsaturated/α-hetero) is 1. The Morgan fingerprint density at radius 1 is 1.29 bits per heavy atom. The Kier molecular flexibility index (Phi) is 4.51. The summed E-state index contributed by atoms with van der Waals surface area (Å²) in [6, 6.07) is 0. The lowest BCUT2D eigenvalue weighted by atomic mass is 9.55. The maximum Gasteiger partial charge on any atom is 0.178 e.